The predicted octanol–water partition coefficient (Wildman–Crippen LogP) is 1.50. The molecule has 1 aliphatic heterocycles. The van der Waals surface area contributed by atoms with Crippen molar-refractivity contribution in [3.8, 4) is 0 Å². The molecule has 0 saturated carbocycles. The number of hydrogen-bond donors (Lipinski definition) is 2. The lowest BCUT2D eigenvalue weighted by Crippen LogP contribution is -2.49. The summed E-state index contributed by atoms with van der Waals surface area (Å²) in [6, 6.07) is 6.49. The van der Waals surface area contributed by atoms with Crippen LogP contribution < -0.4 is 15.5 Å². The number of rotatable bonds is 8. The van der Waals surface area contributed by atoms with Crippen LogP contribution in [0.25, 0.3) is 0 Å². The Morgan fingerprint density at radius 3 is 2.47 bits per heavy atom. The number of nitrogens with zero attached hydrogens (tertiary/aromatic N) is 6. The molecule has 9 nitrogen and oxygen atoms in total. The van der Waals surface area contributed by atoms with E-state index in [2.05, 4.69) is 30.7 Å². The summed E-state index contributed by atoms with van der Waals surface area (Å²) < 4.78 is 15.1. The Hall–Kier alpha value is -2.44. The van der Waals surface area contributed by atoms with Gasteiger partial charge in [-0.2, -0.15) is 0 Å². The van der Waals surface area contributed by atoms with E-state index in [0.717, 1.165) is 37.6 Å². The van der Waals surface area contributed by atoms with Crippen LogP contribution in [-0.2, 0) is 17.8 Å². The maximum absolute atomic E-state index is 13.1. The van der Waals surface area contributed by atoms with E-state index in [0.29, 0.717) is 38.6 Å². The van der Waals surface area contributed by atoms with Gasteiger partial charge in [0.25, 0.3) is 0 Å². The first-order chi connectivity index (χ1) is 15.1. The number of hydrogen-bond acceptors (Lipinski definition) is 5. The Labute approximate surface area is 205 Å². The molecule has 176 valence electrons. The molecule has 0 bridgehead atoms. The van der Waals surface area contributed by atoms with Crippen molar-refractivity contribution in [1.82, 2.24) is 30.3 Å². The monoisotopic (exact) mass is 558 g/mol. The maximum atomic E-state index is 13.1. The highest BCUT2D eigenvalue weighted by Gasteiger charge is 2.21. The Bertz CT molecular complexity index is 865. The van der Waals surface area contributed by atoms with Crippen molar-refractivity contribution in [2.45, 2.75) is 26.3 Å². The molecule has 11 heteroatoms. The molecule has 1 aliphatic rings. The molecule has 2 aromatic rings. The summed E-state index contributed by atoms with van der Waals surface area (Å²) in [4.78, 5) is 20.8. The second-order valence-corrected chi connectivity index (χ2v) is 7.31. The van der Waals surface area contributed by atoms with Crippen molar-refractivity contribution >= 4 is 41.5 Å². The van der Waals surface area contributed by atoms with Crippen molar-refractivity contribution in [3.05, 3.63) is 42.2 Å². The van der Waals surface area contributed by atoms with Crippen molar-refractivity contribution < 1.29 is 9.18 Å². The van der Waals surface area contributed by atoms with E-state index in [1.165, 1.54) is 12.1 Å². The van der Waals surface area contributed by atoms with Crippen molar-refractivity contribution in [1.29, 1.82) is 0 Å². The maximum Gasteiger partial charge on any atom is 0.224 e. The molecule has 1 saturated heterocycles. The van der Waals surface area contributed by atoms with Gasteiger partial charge >= 0.3 is 0 Å². The van der Waals surface area contributed by atoms with Crippen molar-refractivity contribution in [3.63, 3.8) is 0 Å². The summed E-state index contributed by atoms with van der Waals surface area (Å²) in [5.41, 5.74) is 0.988. The van der Waals surface area contributed by atoms with Crippen LogP contribution in [0.15, 0.2) is 35.6 Å². The average molecular weight is 558 g/mol. The van der Waals surface area contributed by atoms with Gasteiger partial charge < -0.3 is 25.0 Å². The highest BCUT2D eigenvalue weighted by Crippen LogP contribution is 2.17. The number of amides is 1. The minimum absolute atomic E-state index is 0. The van der Waals surface area contributed by atoms with Gasteiger partial charge in [-0.15, -0.1) is 34.2 Å². The number of guanidine groups is 1. The molecule has 0 radical (unpaired) electrons. The number of carbonyl (C=O) groups is 1. The molecular formula is C21H32FIN8O. The number of halogens is 2. The minimum Gasteiger partial charge on any atom is -0.368 e. The average Bonchev–Trinajstić information content (AvgIpc) is 3.26. The highest BCUT2D eigenvalue weighted by molar-refractivity contribution is 14.0. The van der Waals surface area contributed by atoms with Gasteiger partial charge in [0.05, 0.1) is 0 Å². The van der Waals surface area contributed by atoms with Crippen LogP contribution in [0.2, 0.25) is 0 Å². The third-order valence-electron chi connectivity index (χ3n) is 5.34. The van der Waals surface area contributed by atoms with Crippen LogP contribution in [0.1, 0.15) is 19.2 Å². The normalized spacial score (nSPS) is 14.2. The molecular weight excluding hydrogens is 526 g/mol. The largest absolute Gasteiger partial charge is 0.368 e. The molecule has 1 aromatic heterocycles. The molecule has 1 amide bonds. The van der Waals surface area contributed by atoms with E-state index in [1.807, 2.05) is 16.4 Å². The zero-order valence-corrected chi connectivity index (χ0v) is 21.0. The Morgan fingerprint density at radius 2 is 1.81 bits per heavy atom. The summed E-state index contributed by atoms with van der Waals surface area (Å²) in [6.45, 7) is 6.83. The Morgan fingerprint density at radius 1 is 1.12 bits per heavy atom. The van der Waals surface area contributed by atoms with Crippen LogP contribution in [0.4, 0.5) is 10.1 Å². The summed E-state index contributed by atoms with van der Waals surface area (Å²) >= 11 is 0. The lowest BCUT2D eigenvalue weighted by molar-refractivity contribution is -0.131. The fourth-order valence-electron chi connectivity index (χ4n) is 3.57. The zero-order chi connectivity index (χ0) is 22.1. The Kier molecular flexibility index (Phi) is 10.6. The standard InChI is InChI=1S/C21H31FN8O.HI/c1-3-19-27-26-16-30(19)11-10-25-21(23-2)24-9-8-20(31)29-14-12-28(13-15-29)18-6-4-17(22)5-7-18;/h4-7,16H,3,8-15H2,1-2H3,(H2,23,24,25);1H. The smallest absolute Gasteiger partial charge is 0.224 e. The minimum atomic E-state index is -0.237. The molecule has 1 fully saturated rings. The van der Waals surface area contributed by atoms with Gasteiger partial charge in [-0.25, -0.2) is 4.39 Å². The van der Waals surface area contributed by atoms with Crippen LogP contribution >= 0.6 is 24.0 Å². The van der Waals surface area contributed by atoms with E-state index < -0.39 is 0 Å². The number of carbonyl (C=O) groups excluding carboxylic acids is 1. The molecule has 0 atom stereocenters. The summed E-state index contributed by atoms with van der Waals surface area (Å²) in [5, 5.41) is 14.4. The molecule has 2 heterocycles. The first-order valence-electron chi connectivity index (χ1n) is 10.7. The lowest BCUT2D eigenvalue weighted by Gasteiger charge is -2.36. The summed E-state index contributed by atoms with van der Waals surface area (Å²) in [6.07, 6.45) is 2.97. The number of nitrogens with one attached hydrogen (secondary N) is 2. The van der Waals surface area contributed by atoms with Crippen LogP contribution in [0.5, 0.6) is 0 Å². The number of aliphatic imine (C=N–C) groups is 1. The third-order valence-corrected chi connectivity index (χ3v) is 5.34. The number of benzene rings is 1. The van der Waals surface area contributed by atoms with Gasteiger partial charge in [0.15, 0.2) is 5.96 Å². The SMILES string of the molecule is CCc1nncn1CCNC(=NC)NCCC(=O)N1CCN(c2ccc(F)cc2)CC1.I. The Balaban J connectivity index is 0.00000363. The molecule has 0 aliphatic carbocycles. The van der Waals surface area contributed by atoms with E-state index in [1.54, 1.807) is 25.5 Å². The second kappa shape index (κ2) is 13.2. The summed E-state index contributed by atoms with van der Waals surface area (Å²) in [5.74, 6) is 1.51. The molecule has 2 N–H and O–H groups in total. The van der Waals surface area contributed by atoms with E-state index in [4.69, 9.17) is 0 Å². The third kappa shape index (κ3) is 7.31. The molecule has 0 unspecified atom stereocenters. The number of aromatic nitrogens is 3. The molecule has 32 heavy (non-hydrogen) atoms. The number of piperazine rings is 1. The van der Waals surface area contributed by atoms with Crippen molar-refractivity contribution in [2.24, 2.45) is 4.99 Å². The highest BCUT2D eigenvalue weighted by atomic mass is 127. The van der Waals surface area contributed by atoms with Crippen LogP contribution in [0, 0.1) is 5.82 Å². The summed E-state index contributed by atoms with van der Waals surface area (Å²) in [7, 11) is 1.71. The lowest BCUT2D eigenvalue weighted by atomic mass is 10.2. The van der Waals surface area contributed by atoms with E-state index in [9.17, 15) is 9.18 Å². The van der Waals surface area contributed by atoms with Gasteiger partial charge in [-0.05, 0) is 24.3 Å². The van der Waals surface area contributed by atoms with Gasteiger partial charge in [-0.1, -0.05) is 6.92 Å². The van der Waals surface area contributed by atoms with E-state index >= 15 is 0 Å². The van der Waals surface area contributed by atoms with Crippen LogP contribution in [-0.4, -0.2) is 77.8 Å². The number of aryl methyl sites for hydroxylation is 1. The van der Waals surface area contributed by atoms with Crippen molar-refractivity contribution in [2.75, 3.05) is 51.2 Å². The van der Waals surface area contributed by atoms with Gasteiger partial charge in [0.2, 0.25) is 5.91 Å². The fraction of sp³-hybridized carbons (Fsp3) is 0.524. The first-order valence-corrected chi connectivity index (χ1v) is 10.7. The fourth-order valence-corrected chi connectivity index (χ4v) is 3.57. The second-order valence-electron chi connectivity index (χ2n) is 7.31. The van der Waals surface area contributed by atoms with Gasteiger partial charge in [0.1, 0.15) is 18.0 Å². The molecule has 0 spiro atoms. The first kappa shape index (κ1) is 25.8. The van der Waals surface area contributed by atoms with Gasteiger partial charge in [-0.3, -0.25) is 9.79 Å². The van der Waals surface area contributed by atoms with Crippen LogP contribution in [0.3, 0.4) is 0 Å². The van der Waals surface area contributed by atoms with E-state index in [-0.39, 0.29) is 35.7 Å². The number of anilines is 1. The molecule has 1 aromatic carbocycles. The predicted molar refractivity (Wildman–Crippen MR) is 134 cm³/mol. The topological polar surface area (TPSA) is 90.7 Å². The zero-order valence-electron chi connectivity index (χ0n) is 18.6. The molecule has 3 rings (SSSR count). The van der Waals surface area contributed by atoms with Gasteiger partial charge in [0, 0.05) is 71.4 Å². The quantitative estimate of drug-likeness (QED) is 0.290.